The van der Waals surface area contributed by atoms with Gasteiger partial charge in [-0.25, -0.2) is 21.9 Å². The maximum atomic E-state index is 14.7. The van der Waals surface area contributed by atoms with E-state index in [1.54, 1.807) is 16.9 Å². The summed E-state index contributed by atoms with van der Waals surface area (Å²) in [5.74, 6) is -1.84. The van der Waals surface area contributed by atoms with E-state index < -0.39 is 27.6 Å². The summed E-state index contributed by atoms with van der Waals surface area (Å²) in [5.41, 5.74) is 1.16. The molecule has 32 heavy (non-hydrogen) atoms. The Labute approximate surface area is 190 Å². The molecule has 4 rings (SSSR count). The van der Waals surface area contributed by atoms with Gasteiger partial charge in [0.15, 0.2) is 0 Å². The van der Waals surface area contributed by atoms with E-state index in [0.29, 0.717) is 11.3 Å². The van der Waals surface area contributed by atoms with Gasteiger partial charge in [0.25, 0.3) is 5.91 Å². The van der Waals surface area contributed by atoms with Gasteiger partial charge in [-0.2, -0.15) is 0 Å². The van der Waals surface area contributed by atoms with Crippen molar-refractivity contribution in [1.82, 2.24) is 4.72 Å². The van der Waals surface area contributed by atoms with Gasteiger partial charge in [0.05, 0.1) is 22.9 Å². The Morgan fingerprint density at radius 2 is 1.94 bits per heavy atom. The van der Waals surface area contributed by atoms with Crippen molar-refractivity contribution in [1.29, 1.82) is 0 Å². The lowest BCUT2D eigenvalue weighted by Crippen LogP contribution is -2.34. The number of halogens is 3. The molecule has 0 bridgehead atoms. The van der Waals surface area contributed by atoms with Crippen LogP contribution in [0.2, 0.25) is 5.02 Å². The summed E-state index contributed by atoms with van der Waals surface area (Å²) in [4.78, 5) is 14.3. The highest BCUT2D eigenvalue weighted by molar-refractivity contribution is 7.89. The van der Waals surface area contributed by atoms with E-state index in [4.69, 9.17) is 16.3 Å². The van der Waals surface area contributed by atoms with Crippen molar-refractivity contribution < 1.29 is 26.7 Å². The minimum Gasteiger partial charge on any atom is -0.491 e. The highest BCUT2D eigenvalue weighted by Crippen LogP contribution is 2.45. The molecule has 0 spiro atoms. The highest BCUT2D eigenvalue weighted by Gasteiger charge is 2.31. The Hall–Kier alpha value is -2.39. The van der Waals surface area contributed by atoms with E-state index in [1.807, 2.05) is 0 Å². The Morgan fingerprint density at radius 3 is 2.59 bits per heavy atom. The summed E-state index contributed by atoms with van der Waals surface area (Å²) in [5, 5.41) is 0.0510. The first kappa shape index (κ1) is 22.8. The fourth-order valence-electron chi connectivity index (χ4n) is 4.01. The minimum atomic E-state index is -3.81. The molecule has 1 unspecified atom stereocenters. The van der Waals surface area contributed by atoms with Gasteiger partial charge >= 0.3 is 0 Å². The predicted octanol–water partition coefficient (Wildman–Crippen LogP) is 4.23. The normalized spacial score (nSPS) is 18.6. The van der Waals surface area contributed by atoms with Crippen molar-refractivity contribution >= 4 is 33.2 Å². The monoisotopic (exact) mass is 484 g/mol. The second kappa shape index (κ2) is 8.86. The van der Waals surface area contributed by atoms with Crippen LogP contribution in [0, 0.1) is 11.6 Å². The van der Waals surface area contributed by atoms with Crippen molar-refractivity contribution in [3.63, 3.8) is 0 Å². The Morgan fingerprint density at radius 1 is 1.19 bits per heavy atom. The summed E-state index contributed by atoms with van der Waals surface area (Å²) in [6.45, 7) is 1.05. The summed E-state index contributed by atoms with van der Waals surface area (Å²) in [6.07, 6.45) is 4.39. The van der Waals surface area contributed by atoms with Gasteiger partial charge in [0, 0.05) is 18.3 Å². The highest BCUT2D eigenvalue weighted by atomic mass is 35.5. The average Bonchev–Trinajstić information content (AvgIpc) is 3.44. The maximum Gasteiger partial charge on any atom is 0.267 e. The number of amides is 1. The van der Waals surface area contributed by atoms with Crippen molar-refractivity contribution in [2.24, 2.45) is 0 Å². The Kier molecular flexibility index (Phi) is 6.31. The van der Waals surface area contributed by atoms with Crippen LogP contribution in [0.1, 0.15) is 47.5 Å². The number of ether oxygens (including phenoxy) is 1. The summed E-state index contributed by atoms with van der Waals surface area (Å²) >= 11 is 5.93. The number of benzene rings is 2. The smallest absolute Gasteiger partial charge is 0.267 e. The maximum absolute atomic E-state index is 14.7. The molecule has 1 saturated heterocycles. The summed E-state index contributed by atoms with van der Waals surface area (Å²) in [6, 6.07) is 7.12. The molecule has 1 atom stereocenters. The second-order valence-corrected chi connectivity index (χ2v) is 10.4. The first-order valence-electron chi connectivity index (χ1n) is 10.3. The molecule has 2 aromatic carbocycles. The van der Waals surface area contributed by atoms with Crippen LogP contribution >= 0.6 is 11.6 Å². The molecule has 1 heterocycles. The lowest BCUT2D eigenvalue weighted by Gasteiger charge is -2.27. The number of rotatable bonds is 7. The number of sulfonamides is 1. The number of nitrogens with zero attached hydrogens (tertiary/aromatic N) is 1. The molecule has 0 aromatic heterocycles. The zero-order valence-electron chi connectivity index (χ0n) is 17.4. The Balaban J connectivity index is 1.53. The SMILES string of the molecule is CS(=O)(=O)NC(=O)c1cc(C2CC2)c(OCC2CCCN2c2ccc(F)c(Cl)c2)cc1F. The molecular weight excluding hydrogens is 462 g/mol. The number of carbonyl (C=O) groups excluding carboxylic acids is 1. The molecule has 6 nitrogen and oxygen atoms in total. The van der Waals surface area contributed by atoms with E-state index in [1.165, 1.54) is 12.1 Å². The molecule has 1 amide bonds. The van der Waals surface area contributed by atoms with Crippen LogP contribution in [0.15, 0.2) is 30.3 Å². The second-order valence-electron chi connectivity index (χ2n) is 8.25. The van der Waals surface area contributed by atoms with Crippen LogP contribution in [-0.4, -0.2) is 39.8 Å². The number of carbonyl (C=O) groups is 1. The van der Waals surface area contributed by atoms with E-state index in [-0.39, 0.29) is 29.2 Å². The largest absolute Gasteiger partial charge is 0.491 e. The van der Waals surface area contributed by atoms with Gasteiger partial charge in [-0.05, 0) is 61.4 Å². The third-order valence-corrected chi connectivity index (χ3v) is 6.53. The number of hydrogen-bond donors (Lipinski definition) is 1. The molecule has 2 aromatic rings. The lowest BCUT2D eigenvalue weighted by atomic mass is 10.0. The van der Waals surface area contributed by atoms with Crippen molar-refractivity contribution in [2.75, 3.05) is 24.3 Å². The first-order chi connectivity index (χ1) is 15.1. The van der Waals surface area contributed by atoms with Crippen LogP contribution in [-0.2, 0) is 10.0 Å². The summed E-state index contributed by atoms with van der Waals surface area (Å²) in [7, 11) is -3.81. The third kappa shape index (κ3) is 5.15. The fourth-order valence-corrected chi connectivity index (χ4v) is 4.63. The number of nitrogens with one attached hydrogen (secondary N) is 1. The van der Waals surface area contributed by atoms with E-state index in [0.717, 1.165) is 50.2 Å². The third-order valence-electron chi connectivity index (χ3n) is 5.68. The van der Waals surface area contributed by atoms with Crippen LogP contribution in [0.5, 0.6) is 5.75 Å². The zero-order valence-corrected chi connectivity index (χ0v) is 19.0. The van der Waals surface area contributed by atoms with E-state index in [2.05, 4.69) is 4.90 Å². The molecule has 0 radical (unpaired) electrons. The first-order valence-corrected chi connectivity index (χ1v) is 12.6. The van der Waals surface area contributed by atoms with Gasteiger partial charge < -0.3 is 9.64 Å². The zero-order chi connectivity index (χ0) is 23.0. The van der Waals surface area contributed by atoms with Crippen molar-refractivity contribution in [2.45, 2.75) is 37.6 Å². The molecule has 1 aliphatic carbocycles. The fraction of sp³-hybridized carbons (Fsp3) is 0.409. The molecule has 2 aliphatic rings. The molecule has 1 saturated carbocycles. The van der Waals surface area contributed by atoms with Crippen LogP contribution in [0.3, 0.4) is 0 Å². The van der Waals surface area contributed by atoms with Gasteiger partial charge in [-0.3, -0.25) is 4.79 Å². The average molecular weight is 485 g/mol. The van der Waals surface area contributed by atoms with Gasteiger partial charge in [0.2, 0.25) is 10.0 Å². The van der Waals surface area contributed by atoms with Gasteiger partial charge in [0.1, 0.15) is 24.0 Å². The standard InChI is InChI=1S/C22H23ClF2N2O4S/c1-32(29,30)26-22(28)17-10-16(13-4-5-13)21(11-20(17)25)31-12-15-3-2-8-27(15)14-6-7-19(24)18(23)9-14/h6-7,9-11,13,15H,2-5,8,12H2,1H3,(H,26,28). The number of anilines is 1. The van der Waals surface area contributed by atoms with Crippen LogP contribution in [0.4, 0.5) is 14.5 Å². The van der Waals surface area contributed by atoms with Gasteiger partial charge in [-0.15, -0.1) is 0 Å². The lowest BCUT2D eigenvalue weighted by molar-refractivity contribution is 0.0977. The minimum absolute atomic E-state index is 0.000137. The molecular formula is C22H23ClF2N2O4S. The molecule has 2 fully saturated rings. The topological polar surface area (TPSA) is 75.7 Å². The van der Waals surface area contributed by atoms with Crippen LogP contribution < -0.4 is 14.4 Å². The Bertz CT molecular complexity index is 1150. The van der Waals surface area contributed by atoms with Crippen LogP contribution in [0.25, 0.3) is 0 Å². The van der Waals surface area contributed by atoms with Gasteiger partial charge in [-0.1, -0.05) is 11.6 Å². The van der Waals surface area contributed by atoms with Crippen molar-refractivity contribution in [3.05, 3.63) is 58.1 Å². The molecule has 172 valence electrons. The van der Waals surface area contributed by atoms with E-state index >= 15 is 0 Å². The van der Waals surface area contributed by atoms with E-state index in [9.17, 15) is 22.0 Å². The molecule has 10 heteroatoms. The number of hydrogen-bond acceptors (Lipinski definition) is 5. The quantitative estimate of drug-likeness (QED) is 0.636. The van der Waals surface area contributed by atoms with Crippen molar-refractivity contribution in [3.8, 4) is 5.75 Å². The summed E-state index contributed by atoms with van der Waals surface area (Å²) < 4.78 is 58.7. The predicted molar refractivity (Wildman–Crippen MR) is 118 cm³/mol. The molecule has 1 aliphatic heterocycles. The molecule has 1 N–H and O–H groups in total.